The summed E-state index contributed by atoms with van der Waals surface area (Å²) in [6.45, 7) is 10.8. The van der Waals surface area contributed by atoms with E-state index in [2.05, 4.69) is 27.4 Å². The molecule has 0 unspecified atom stereocenters. The quantitative estimate of drug-likeness (QED) is 0.315. The van der Waals surface area contributed by atoms with Gasteiger partial charge in [-0.15, -0.1) is 0 Å². The number of esters is 1. The molecule has 0 aliphatic heterocycles. The summed E-state index contributed by atoms with van der Waals surface area (Å²) in [4.78, 5) is 10.8. The second-order valence-electron chi connectivity index (χ2n) is 6.16. The molecule has 0 radical (unpaired) electrons. The predicted molar refractivity (Wildman–Crippen MR) is 77.5 cm³/mol. The van der Waals surface area contributed by atoms with Crippen LogP contribution in [-0.2, 0) is 9.53 Å². The molecule has 2 heteroatoms. The molecule has 0 amide bonds. The molecule has 0 aromatic rings. The third-order valence-electron chi connectivity index (χ3n) is 2.98. The lowest BCUT2D eigenvalue weighted by Gasteiger charge is -2.17. The van der Waals surface area contributed by atoms with Gasteiger partial charge in [0.1, 0.15) is 0 Å². The van der Waals surface area contributed by atoms with E-state index in [0.29, 0.717) is 12.0 Å². The Morgan fingerprint density at radius 3 is 2.00 bits per heavy atom. The van der Waals surface area contributed by atoms with Gasteiger partial charge in [0.05, 0.1) is 6.61 Å². The van der Waals surface area contributed by atoms with Crippen LogP contribution in [0.15, 0.2) is 12.7 Å². The van der Waals surface area contributed by atoms with Gasteiger partial charge >= 0.3 is 5.97 Å². The van der Waals surface area contributed by atoms with Crippen molar-refractivity contribution in [3.8, 4) is 0 Å². The van der Waals surface area contributed by atoms with Gasteiger partial charge in [0.25, 0.3) is 0 Å². The summed E-state index contributed by atoms with van der Waals surface area (Å²) >= 11 is 0. The molecule has 0 bridgehead atoms. The summed E-state index contributed by atoms with van der Waals surface area (Å²) in [6.07, 6.45) is 11.3. The first kappa shape index (κ1) is 17.2. The molecule has 106 valence electrons. The number of ether oxygens (including phenoxy) is 1. The molecule has 0 aromatic carbocycles. The van der Waals surface area contributed by atoms with Crippen LogP contribution in [0.3, 0.4) is 0 Å². The lowest BCUT2D eigenvalue weighted by atomic mass is 9.89. The van der Waals surface area contributed by atoms with Gasteiger partial charge in [0.15, 0.2) is 0 Å². The highest BCUT2D eigenvalue weighted by Gasteiger charge is 2.08. The number of unbranched alkanes of at least 4 members (excludes halogenated alkanes) is 6. The van der Waals surface area contributed by atoms with Gasteiger partial charge in [-0.1, -0.05) is 65.9 Å². The second-order valence-corrected chi connectivity index (χ2v) is 6.16. The Hall–Kier alpha value is -0.790. The summed E-state index contributed by atoms with van der Waals surface area (Å²) < 4.78 is 4.92. The molecular formula is C16H30O2. The zero-order chi connectivity index (χ0) is 13.9. The van der Waals surface area contributed by atoms with Crippen molar-refractivity contribution in [2.24, 2.45) is 5.41 Å². The van der Waals surface area contributed by atoms with Gasteiger partial charge in [0, 0.05) is 6.08 Å². The summed E-state index contributed by atoms with van der Waals surface area (Å²) in [6, 6.07) is 0. The Kier molecular flexibility index (Phi) is 9.72. The third kappa shape index (κ3) is 13.3. The van der Waals surface area contributed by atoms with E-state index in [0.717, 1.165) is 12.8 Å². The maximum absolute atomic E-state index is 10.8. The smallest absolute Gasteiger partial charge is 0.330 e. The van der Waals surface area contributed by atoms with E-state index < -0.39 is 0 Å². The van der Waals surface area contributed by atoms with Crippen LogP contribution in [-0.4, -0.2) is 12.6 Å². The lowest BCUT2D eigenvalue weighted by Crippen LogP contribution is -2.03. The molecule has 0 aromatic heterocycles. The van der Waals surface area contributed by atoms with Crippen molar-refractivity contribution < 1.29 is 9.53 Å². The number of carbonyl (C=O) groups excluding carboxylic acids is 1. The third-order valence-corrected chi connectivity index (χ3v) is 2.98. The molecule has 2 nitrogen and oxygen atoms in total. The van der Waals surface area contributed by atoms with E-state index in [1.807, 2.05) is 0 Å². The van der Waals surface area contributed by atoms with Crippen LogP contribution in [0.1, 0.15) is 72.1 Å². The van der Waals surface area contributed by atoms with Gasteiger partial charge < -0.3 is 4.74 Å². The molecule has 0 aliphatic carbocycles. The molecule has 0 heterocycles. The topological polar surface area (TPSA) is 26.3 Å². The number of carbonyl (C=O) groups is 1. The highest BCUT2D eigenvalue weighted by Crippen LogP contribution is 2.22. The van der Waals surface area contributed by atoms with Crippen LogP contribution < -0.4 is 0 Å². The van der Waals surface area contributed by atoms with Crippen molar-refractivity contribution in [1.29, 1.82) is 0 Å². The van der Waals surface area contributed by atoms with Crippen molar-refractivity contribution in [3.05, 3.63) is 12.7 Å². The summed E-state index contributed by atoms with van der Waals surface area (Å²) in [7, 11) is 0. The standard InChI is InChI=1S/C16H30O2/c1-5-15(17)18-14-12-10-8-6-7-9-11-13-16(2,3)4/h5H,1,6-14H2,2-4H3. The normalized spacial score (nSPS) is 11.3. The maximum atomic E-state index is 10.8. The zero-order valence-corrected chi connectivity index (χ0v) is 12.5. The maximum Gasteiger partial charge on any atom is 0.330 e. The molecule has 0 aliphatic rings. The molecule has 0 N–H and O–H groups in total. The second kappa shape index (κ2) is 10.2. The van der Waals surface area contributed by atoms with Crippen LogP contribution in [0.4, 0.5) is 0 Å². The summed E-state index contributed by atoms with van der Waals surface area (Å²) in [5.74, 6) is -0.308. The van der Waals surface area contributed by atoms with Gasteiger partial charge in [-0.3, -0.25) is 0 Å². The monoisotopic (exact) mass is 254 g/mol. The fourth-order valence-electron chi connectivity index (χ4n) is 1.87. The average molecular weight is 254 g/mol. The van der Waals surface area contributed by atoms with Crippen molar-refractivity contribution in [1.82, 2.24) is 0 Å². The van der Waals surface area contributed by atoms with Gasteiger partial charge in [0.2, 0.25) is 0 Å². The van der Waals surface area contributed by atoms with Gasteiger partial charge in [-0.05, 0) is 18.3 Å². The Bertz CT molecular complexity index is 226. The summed E-state index contributed by atoms with van der Waals surface area (Å²) in [5.41, 5.74) is 0.481. The molecule has 0 saturated heterocycles. The van der Waals surface area contributed by atoms with Crippen LogP contribution in [0, 0.1) is 5.41 Å². The number of hydrogen-bond acceptors (Lipinski definition) is 2. The highest BCUT2D eigenvalue weighted by atomic mass is 16.5. The lowest BCUT2D eigenvalue weighted by molar-refractivity contribution is -0.137. The predicted octanol–water partition coefficient (Wildman–Crippen LogP) is 4.88. The summed E-state index contributed by atoms with van der Waals surface area (Å²) in [5, 5.41) is 0. The molecule has 0 atom stereocenters. The number of hydrogen-bond donors (Lipinski definition) is 0. The average Bonchev–Trinajstić information content (AvgIpc) is 2.29. The van der Waals surface area contributed by atoms with Gasteiger partial charge in [-0.25, -0.2) is 4.79 Å². The van der Waals surface area contributed by atoms with E-state index in [4.69, 9.17) is 4.74 Å². The minimum atomic E-state index is -0.308. The molecular weight excluding hydrogens is 224 g/mol. The van der Waals surface area contributed by atoms with E-state index in [1.165, 1.54) is 44.6 Å². The first-order valence-corrected chi connectivity index (χ1v) is 7.25. The van der Waals surface area contributed by atoms with E-state index in [9.17, 15) is 4.79 Å². The van der Waals surface area contributed by atoms with Crippen LogP contribution in [0.25, 0.3) is 0 Å². The van der Waals surface area contributed by atoms with Crippen molar-refractivity contribution in [2.75, 3.05) is 6.61 Å². The molecule has 0 spiro atoms. The Labute approximate surface area is 113 Å². The largest absolute Gasteiger partial charge is 0.463 e. The van der Waals surface area contributed by atoms with Crippen molar-refractivity contribution >= 4 is 5.97 Å². The highest BCUT2D eigenvalue weighted by molar-refractivity contribution is 5.81. The van der Waals surface area contributed by atoms with Crippen molar-refractivity contribution in [3.63, 3.8) is 0 Å². The molecule has 0 saturated carbocycles. The van der Waals surface area contributed by atoms with Crippen LogP contribution in [0.2, 0.25) is 0 Å². The minimum Gasteiger partial charge on any atom is -0.463 e. The van der Waals surface area contributed by atoms with Crippen molar-refractivity contribution in [2.45, 2.75) is 72.1 Å². The van der Waals surface area contributed by atoms with Gasteiger partial charge in [-0.2, -0.15) is 0 Å². The Balaban J connectivity index is 3.12. The SMILES string of the molecule is C=CC(=O)OCCCCCCCCCC(C)(C)C. The fraction of sp³-hybridized carbons (Fsp3) is 0.812. The Morgan fingerprint density at radius 1 is 1.00 bits per heavy atom. The number of rotatable bonds is 10. The fourth-order valence-corrected chi connectivity index (χ4v) is 1.87. The molecule has 18 heavy (non-hydrogen) atoms. The molecule has 0 rings (SSSR count). The van der Waals surface area contributed by atoms with E-state index in [1.54, 1.807) is 0 Å². The Morgan fingerprint density at radius 2 is 1.50 bits per heavy atom. The zero-order valence-electron chi connectivity index (χ0n) is 12.5. The first-order valence-electron chi connectivity index (χ1n) is 7.25. The van der Waals surface area contributed by atoms with Crippen LogP contribution >= 0.6 is 0 Å². The van der Waals surface area contributed by atoms with E-state index >= 15 is 0 Å². The van der Waals surface area contributed by atoms with Crippen LogP contribution in [0.5, 0.6) is 0 Å². The first-order chi connectivity index (χ1) is 8.45. The minimum absolute atomic E-state index is 0.308. The molecule has 0 fully saturated rings. The van der Waals surface area contributed by atoms with E-state index in [-0.39, 0.29) is 5.97 Å².